The van der Waals surface area contributed by atoms with E-state index < -0.39 is 0 Å². The summed E-state index contributed by atoms with van der Waals surface area (Å²) < 4.78 is 2.19. The first-order valence-corrected chi connectivity index (χ1v) is 7.46. The first kappa shape index (κ1) is 14.8. The van der Waals surface area contributed by atoms with Gasteiger partial charge in [-0.1, -0.05) is 13.3 Å². The molecule has 0 aromatic heterocycles. The van der Waals surface area contributed by atoms with E-state index in [2.05, 4.69) is 56.1 Å². The van der Waals surface area contributed by atoms with Crippen molar-refractivity contribution in [1.29, 1.82) is 0 Å². The molecule has 0 heterocycles. The normalized spacial score (nSPS) is 10.1. The average molecular weight is 411 g/mol. The predicted octanol–water partition coefficient (Wildman–Crippen LogP) is 3.38. The number of benzene rings is 1. The molecule has 0 unspecified atom stereocenters. The summed E-state index contributed by atoms with van der Waals surface area (Å²) >= 11 is 5.68. The van der Waals surface area contributed by atoms with Crippen LogP contribution in [0.1, 0.15) is 19.8 Å². The Morgan fingerprint density at radius 2 is 2.24 bits per heavy atom. The number of hydrogen-bond acceptors (Lipinski definition) is 2. The number of unbranched alkanes of at least 4 members (excludes halogenated alkanes) is 1. The van der Waals surface area contributed by atoms with Crippen LogP contribution in [-0.2, 0) is 4.79 Å². The van der Waals surface area contributed by atoms with Crippen LogP contribution in [0.15, 0.2) is 22.7 Å². The summed E-state index contributed by atoms with van der Waals surface area (Å²) in [5.41, 5.74) is 0.961. The van der Waals surface area contributed by atoms with Crippen LogP contribution in [0.25, 0.3) is 0 Å². The maximum Gasteiger partial charge on any atom is 0.239 e. The van der Waals surface area contributed by atoms with E-state index in [1.54, 1.807) is 0 Å². The van der Waals surface area contributed by atoms with Crippen LogP contribution in [-0.4, -0.2) is 19.0 Å². The molecule has 5 heteroatoms. The van der Waals surface area contributed by atoms with Crippen molar-refractivity contribution < 1.29 is 4.79 Å². The van der Waals surface area contributed by atoms with Gasteiger partial charge in [-0.3, -0.25) is 4.79 Å². The van der Waals surface area contributed by atoms with E-state index in [1.807, 2.05) is 18.2 Å². The molecule has 0 atom stereocenters. The molecule has 0 saturated carbocycles. The van der Waals surface area contributed by atoms with Gasteiger partial charge in [-0.2, -0.15) is 0 Å². The van der Waals surface area contributed by atoms with Crippen molar-refractivity contribution in [2.24, 2.45) is 0 Å². The van der Waals surface area contributed by atoms with Crippen LogP contribution in [0.5, 0.6) is 0 Å². The molecule has 0 spiro atoms. The van der Waals surface area contributed by atoms with Gasteiger partial charge in [0.25, 0.3) is 0 Å². The van der Waals surface area contributed by atoms with Gasteiger partial charge in [0.05, 0.1) is 6.54 Å². The average Bonchev–Trinajstić information content (AvgIpc) is 2.31. The molecule has 0 bridgehead atoms. The second-order valence-corrected chi connectivity index (χ2v) is 5.70. The van der Waals surface area contributed by atoms with Crippen molar-refractivity contribution in [2.75, 3.05) is 18.4 Å². The Bertz CT molecular complexity index is 385. The molecular weight excluding hydrogens is 395 g/mol. The Morgan fingerprint density at radius 1 is 1.47 bits per heavy atom. The predicted molar refractivity (Wildman–Crippen MR) is 83.3 cm³/mol. The smallest absolute Gasteiger partial charge is 0.239 e. The topological polar surface area (TPSA) is 41.1 Å². The van der Waals surface area contributed by atoms with E-state index >= 15 is 0 Å². The molecule has 0 aliphatic heterocycles. The molecule has 0 fully saturated rings. The summed E-state index contributed by atoms with van der Waals surface area (Å²) in [5.74, 6) is 0.0383. The third-order valence-corrected chi connectivity index (χ3v) is 4.55. The van der Waals surface area contributed by atoms with Gasteiger partial charge in [-0.25, -0.2) is 0 Å². The van der Waals surface area contributed by atoms with Crippen LogP contribution in [0.3, 0.4) is 0 Å². The molecule has 2 N–H and O–H groups in total. The number of nitrogens with one attached hydrogen (secondary N) is 2. The largest absolute Gasteiger partial charge is 0.376 e. The molecular formula is C12H16BrIN2O. The second kappa shape index (κ2) is 7.92. The summed E-state index contributed by atoms with van der Waals surface area (Å²) in [6.45, 7) is 3.19. The van der Waals surface area contributed by atoms with Crippen LogP contribution in [0.4, 0.5) is 5.69 Å². The highest BCUT2D eigenvalue weighted by Crippen LogP contribution is 2.22. The van der Waals surface area contributed by atoms with E-state index in [1.165, 1.54) is 0 Å². The van der Waals surface area contributed by atoms with Gasteiger partial charge < -0.3 is 10.6 Å². The lowest BCUT2D eigenvalue weighted by atomic mass is 10.3. The first-order chi connectivity index (χ1) is 8.13. The lowest BCUT2D eigenvalue weighted by molar-refractivity contribution is -0.119. The number of hydrogen-bond donors (Lipinski definition) is 2. The van der Waals surface area contributed by atoms with Crippen LogP contribution in [0, 0.1) is 3.57 Å². The fourth-order valence-electron chi connectivity index (χ4n) is 1.26. The minimum Gasteiger partial charge on any atom is -0.376 e. The highest BCUT2D eigenvalue weighted by atomic mass is 127. The minimum absolute atomic E-state index is 0.0383. The zero-order valence-corrected chi connectivity index (χ0v) is 13.5. The van der Waals surface area contributed by atoms with Crippen LogP contribution >= 0.6 is 38.5 Å². The van der Waals surface area contributed by atoms with Crippen molar-refractivity contribution in [3.8, 4) is 0 Å². The third-order valence-electron chi connectivity index (χ3n) is 2.23. The Balaban J connectivity index is 2.34. The monoisotopic (exact) mass is 410 g/mol. The summed E-state index contributed by atoms with van der Waals surface area (Å²) in [6.07, 6.45) is 2.13. The zero-order chi connectivity index (χ0) is 12.7. The van der Waals surface area contributed by atoms with Gasteiger partial charge in [0, 0.05) is 20.3 Å². The lowest BCUT2D eigenvalue weighted by Gasteiger charge is -2.08. The molecule has 17 heavy (non-hydrogen) atoms. The fraction of sp³-hybridized carbons (Fsp3) is 0.417. The minimum atomic E-state index is 0.0383. The number of carbonyl (C=O) groups excluding carboxylic acids is 1. The van der Waals surface area contributed by atoms with Crippen LogP contribution in [0.2, 0.25) is 0 Å². The summed E-state index contributed by atoms with van der Waals surface area (Å²) in [4.78, 5) is 11.5. The van der Waals surface area contributed by atoms with Crippen molar-refractivity contribution in [3.05, 3.63) is 26.2 Å². The molecule has 0 radical (unpaired) electrons. The molecule has 1 rings (SSSR count). The van der Waals surface area contributed by atoms with Gasteiger partial charge in [-0.05, 0) is 63.1 Å². The molecule has 0 aliphatic carbocycles. The van der Waals surface area contributed by atoms with Crippen molar-refractivity contribution in [3.63, 3.8) is 0 Å². The molecule has 1 aromatic carbocycles. The number of halogens is 2. The van der Waals surface area contributed by atoms with E-state index in [0.29, 0.717) is 6.54 Å². The standard InChI is InChI=1S/C12H16BrIN2O/c1-2-3-6-15-12(17)8-16-9-4-5-10(13)11(14)7-9/h4-5,7,16H,2-3,6,8H2,1H3,(H,15,17). The van der Waals surface area contributed by atoms with Gasteiger partial charge >= 0.3 is 0 Å². The zero-order valence-electron chi connectivity index (χ0n) is 9.72. The highest BCUT2D eigenvalue weighted by Gasteiger charge is 2.01. The number of amides is 1. The molecule has 0 aliphatic rings. The van der Waals surface area contributed by atoms with Gasteiger partial charge in [0.1, 0.15) is 0 Å². The maximum absolute atomic E-state index is 11.5. The summed E-state index contributed by atoms with van der Waals surface area (Å²) in [7, 11) is 0. The quantitative estimate of drug-likeness (QED) is 0.557. The number of rotatable bonds is 6. The number of anilines is 1. The van der Waals surface area contributed by atoms with Crippen molar-refractivity contribution in [1.82, 2.24) is 5.32 Å². The fourth-order valence-corrected chi connectivity index (χ4v) is 2.02. The maximum atomic E-state index is 11.5. The molecule has 94 valence electrons. The first-order valence-electron chi connectivity index (χ1n) is 5.59. The Kier molecular flexibility index (Phi) is 6.87. The molecule has 1 aromatic rings. The molecule has 3 nitrogen and oxygen atoms in total. The van der Waals surface area contributed by atoms with E-state index in [0.717, 1.165) is 33.1 Å². The summed E-state index contributed by atoms with van der Waals surface area (Å²) in [5, 5.41) is 5.97. The molecule has 0 saturated heterocycles. The van der Waals surface area contributed by atoms with Gasteiger partial charge in [-0.15, -0.1) is 0 Å². The Labute approximate surface area is 124 Å². The van der Waals surface area contributed by atoms with Crippen molar-refractivity contribution >= 4 is 50.1 Å². The van der Waals surface area contributed by atoms with E-state index in [-0.39, 0.29) is 5.91 Å². The summed E-state index contributed by atoms with van der Waals surface area (Å²) in [6, 6.07) is 5.93. The Hall–Kier alpha value is -0.300. The van der Waals surface area contributed by atoms with Crippen LogP contribution < -0.4 is 10.6 Å². The highest BCUT2D eigenvalue weighted by molar-refractivity contribution is 14.1. The Morgan fingerprint density at radius 3 is 2.88 bits per heavy atom. The third kappa shape index (κ3) is 5.72. The SMILES string of the molecule is CCCCNC(=O)CNc1ccc(Br)c(I)c1. The van der Waals surface area contributed by atoms with E-state index in [4.69, 9.17) is 0 Å². The van der Waals surface area contributed by atoms with Crippen molar-refractivity contribution in [2.45, 2.75) is 19.8 Å². The van der Waals surface area contributed by atoms with Gasteiger partial charge in [0.15, 0.2) is 0 Å². The van der Waals surface area contributed by atoms with E-state index in [9.17, 15) is 4.79 Å². The number of carbonyl (C=O) groups is 1. The van der Waals surface area contributed by atoms with Gasteiger partial charge in [0.2, 0.25) is 5.91 Å². The molecule has 1 amide bonds. The second-order valence-electron chi connectivity index (χ2n) is 3.69. The lowest BCUT2D eigenvalue weighted by Crippen LogP contribution is -2.30.